The van der Waals surface area contributed by atoms with E-state index >= 15 is 0 Å². The molecule has 10 heteroatoms. The molecule has 0 bridgehead atoms. The quantitative estimate of drug-likeness (QED) is 0.221. The lowest BCUT2D eigenvalue weighted by Crippen LogP contribution is -2.59. The zero-order valence-corrected chi connectivity index (χ0v) is 12.7. The van der Waals surface area contributed by atoms with Gasteiger partial charge in [0.25, 0.3) is 0 Å². The lowest BCUT2D eigenvalue weighted by Gasteiger charge is -2.40. The minimum Gasteiger partial charge on any atom is -0.480 e. The molecule has 0 aliphatic carbocycles. The number of carboxylic acids is 1. The average Bonchev–Trinajstić information content (AvgIpc) is 2.54. The number of aliphatic carboxylic acids is 1. The predicted octanol–water partition coefficient (Wildman–Crippen LogP) is -3.64. The lowest BCUT2D eigenvalue weighted by atomic mass is 9.95. The standard InChI is InChI=1S/C13H26N2O8/c14-3-6(1-2-7(15)13(20)21)22-5-9-11(18)12(19)10(17)8(4-16)23-9/h6-12,16-19H,1-5,14-15H2,(H,20,21)/t6?,7-,8+,9-,10-,11-,12-/m0/s1. The highest BCUT2D eigenvalue weighted by atomic mass is 16.6. The van der Waals surface area contributed by atoms with Crippen molar-refractivity contribution in [3.8, 4) is 0 Å². The Hall–Kier alpha value is -0.850. The number of hydrogen-bond acceptors (Lipinski definition) is 9. The fraction of sp³-hybridized carbons (Fsp3) is 0.923. The predicted molar refractivity (Wildman–Crippen MR) is 77.4 cm³/mol. The molecular weight excluding hydrogens is 312 g/mol. The van der Waals surface area contributed by atoms with E-state index in [4.69, 9.17) is 31.2 Å². The number of aliphatic hydroxyl groups is 4. The first-order valence-electron chi connectivity index (χ1n) is 7.42. The van der Waals surface area contributed by atoms with Crippen molar-refractivity contribution in [2.24, 2.45) is 11.5 Å². The lowest BCUT2D eigenvalue weighted by molar-refractivity contribution is -0.241. The number of hydrogen-bond donors (Lipinski definition) is 7. The fourth-order valence-corrected chi connectivity index (χ4v) is 2.31. The van der Waals surface area contributed by atoms with E-state index in [0.717, 1.165) is 0 Å². The van der Waals surface area contributed by atoms with Crippen molar-refractivity contribution < 1.29 is 39.8 Å². The molecule has 0 amide bonds. The number of ether oxygens (including phenoxy) is 2. The number of carbonyl (C=O) groups is 1. The van der Waals surface area contributed by atoms with E-state index in [-0.39, 0.29) is 19.6 Å². The summed E-state index contributed by atoms with van der Waals surface area (Å²) < 4.78 is 10.8. The summed E-state index contributed by atoms with van der Waals surface area (Å²) in [6.07, 6.45) is -6.24. The monoisotopic (exact) mass is 338 g/mol. The van der Waals surface area contributed by atoms with Crippen LogP contribution in [0, 0.1) is 0 Å². The summed E-state index contributed by atoms with van der Waals surface area (Å²) in [5, 5.41) is 47.0. The Bertz CT molecular complexity index is 370. The van der Waals surface area contributed by atoms with Gasteiger partial charge < -0.3 is 46.5 Å². The molecule has 1 heterocycles. The van der Waals surface area contributed by atoms with Crippen LogP contribution in [0.25, 0.3) is 0 Å². The van der Waals surface area contributed by atoms with Crippen LogP contribution in [0.2, 0.25) is 0 Å². The van der Waals surface area contributed by atoms with Crippen LogP contribution in [-0.4, -0.2) is 93.9 Å². The second-order valence-corrected chi connectivity index (χ2v) is 5.58. The third-order valence-corrected chi connectivity index (χ3v) is 3.87. The second-order valence-electron chi connectivity index (χ2n) is 5.58. The molecule has 1 unspecified atom stereocenters. The Labute approximate surface area is 133 Å². The maximum Gasteiger partial charge on any atom is 0.320 e. The molecule has 1 fully saturated rings. The van der Waals surface area contributed by atoms with Crippen LogP contribution in [0.4, 0.5) is 0 Å². The summed E-state index contributed by atoms with van der Waals surface area (Å²) in [7, 11) is 0. The molecule has 0 saturated carbocycles. The molecule has 0 aromatic carbocycles. The maximum absolute atomic E-state index is 10.7. The number of carboxylic acid groups (broad SMARTS) is 1. The van der Waals surface area contributed by atoms with E-state index < -0.39 is 55.2 Å². The summed E-state index contributed by atoms with van der Waals surface area (Å²) in [4.78, 5) is 10.7. The van der Waals surface area contributed by atoms with E-state index in [2.05, 4.69) is 0 Å². The minimum absolute atomic E-state index is 0.115. The minimum atomic E-state index is -1.47. The third kappa shape index (κ3) is 5.62. The van der Waals surface area contributed by atoms with Crippen LogP contribution >= 0.6 is 0 Å². The van der Waals surface area contributed by atoms with Gasteiger partial charge in [-0.25, -0.2) is 0 Å². The van der Waals surface area contributed by atoms with Gasteiger partial charge in [0, 0.05) is 6.54 Å². The first-order chi connectivity index (χ1) is 10.8. The van der Waals surface area contributed by atoms with Gasteiger partial charge in [0.05, 0.1) is 19.3 Å². The molecule has 23 heavy (non-hydrogen) atoms. The molecule has 10 nitrogen and oxygen atoms in total. The smallest absolute Gasteiger partial charge is 0.320 e. The second kappa shape index (κ2) is 9.45. The van der Waals surface area contributed by atoms with Gasteiger partial charge in [-0.1, -0.05) is 0 Å². The molecule has 0 aromatic heterocycles. The first-order valence-corrected chi connectivity index (χ1v) is 7.42. The Kier molecular flexibility index (Phi) is 8.29. The SMILES string of the molecule is NCC(CC[C@H](N)C(=O)O)OC[C@@H]1O[C@H](CO)[C@H](O)[C@H](O)[C@H]1O. The van der Waals surface area contributed by atoms with Crippen molar-refractivity contribution in [2.75, 3.05) is 19.8 Å². The van der Waals surface area contributed by atoms with Gasteiger partial charge in [0.2, 0.25) is 0 Å². The number of nitrogens with two attached hydrogens (primary N) is 2. The van der Waals surface area contributed by atoms with E-state index in [1.807, 2.05) is 0 Å². The van der Waals surface area contributed by atoms with Crippen LogP contribution in [-0.2, 0) is 14.3 Å². The van der Waals surface area contributed by atoms with Crippen molar-refractivity contribution in [1.29, 1.82) is 0 Å². The number of aliphatic hydroxyl groups excluding tert-OH is 4. The van der Waals surface area contributed by atoms with Gasteiger partial charge in [-0.15, -0.1) is 0 Å². The van der Waals surface area contributed by atoms with E-state index in [1.165, 1.54) is 0 Å². The Balaban J connectivity index is 2.48. The fourth-order valence-electron chi connectivity index (χ4n) is 2.31. The van der Waals surface area contributed by atoms with Crippen molar-refractivity contribution in [1.82, 2.24) is 0 Å². The summed E-state index contributed by atoms with van der Waals surface area (Å²) in [6, 6.07) is -1.01. The van der Waals surface area contributed by atoms with Crippen molar-refractivity contribution in [3.05, 3.63) is 0 Å². The summed E-state index contributed by atoms with van der Waals surface area (Å²) >= 11 is 0. The highest BCUT2D eigenvalue weighted by Crippen LogP contribution is 2.22. The molecule has 9 N–H and O–H groups in total. The summed E-state index contributed by atoms with van der Waals surface area (Å²) in [5.74, 6) is -1.12. The van der Waals surface area contributed by atoms with Gasteiger partial charge in [0.15, 0.2) is 0 Å². The first kappa shape index (κ1) is 20.2. The Morgan fingerprint density at radius 3 is 2.26 bits per heavy atom. The van der Waals surface area contributed by atoms with Crippen molar-refractivity contribution in [3.63, 3.8) is 0 Å². The Morgan fingerprint density at radius 1 is 1.13 bits per heavy atom. The highest BCUT2D eigenvalue weighted by Gasteiger charge is 2.43. The molecule has 1 aliphatic rings. The molecule has 1 rings (SSSR count). The zero-order chi connectivity index (χ0) is 17.6. The summed E-state index contributed by atoms with van der Waals surface area (Å²) in [6.45, 7) is -0.537. The molecule has 1 saturated heterocycles. The average molecular weight is 338 g/mol. The van der Waals surface area contributed by atoms with Gasteiger partial charge in [-0.3, -0.25) is 4.79 Å². The topological polar surface area (TPSA) is 189 Å². The van der Waals surface area contributed by atoms with Gasteiger partial charge in [0.1, 0.15) is 36.6 Å². The molecule has 7 atom stereocenters. The van der Waals surface area contributed by atoms with Crippen LogP contribution in [0.1, 0.15) is 12.8 Å². The highest BCUT2D eigenvalue weighted by molar-refractivity contribution is 5.72. The van der Waals surface area contributed by atoms with E-state index in [1.54, 1.807) is 0 Å². The molecule has 0 spiro atoms. The maximum atomic E-state index is 10.7. The van der Waals surface area contributed by atoms with Crippen LogP contribution in [0.3, 0.4) is 0 Å². The molecule has 0 radical (unpaired) electrons. The zero-order valence-electron chi connectivity index (χ0n) is 12.7. The number of rotatable bonds is 9. The largest absolute Gasteiger partial charge is 0.480 e. The normalized spacial score (nSPS) is 34.1. The molecular formula is C13H26N2O8. The molecule has 136 valence electrons. The van der Waals surface area contributed by atoms with Gasteiger partial charge in [-0.2, -0.15) is 0 Å². The van der Waals surface area contributed by atoms with Crippen LogP contribution in [0.5, 0.6) is 0 Å². The van der Waals surface area contributed by atoms with E-state index in [0.29, 0.717) is 6.42 Å². The van der Waals surface area contributed by atoms with Gasteiger partial charge >= 0.3 is 5.97 Å². The Morgan fingerprint density at radius 2 is 1.74 bits per heavy atom. The molecule has 1 aliphatic heterocycles. The van der Waals surface area contributed by atoms with Crippen molar-refractivity contribution in [2.45, 2.75) is 55.5 Å². The molecule has 0 aromatic rings. The van der Waals surface area contributed by atoms with Crippen LogP contribution in [0.15, 0.2) is 0 Å². The van der Waals surface area contributed by atoms with Gasteiger partial charge in [-0.05, 0) is 12.8 Å². The third-order valence-electron chi connectivity index (χ3n) is 3.87. The van der Waals surface area contributed by atoms with Crippen molar-refractivity contribution >= 4 is 5.97 Å². The van der Waals surface area contributed by atoms with E-state index in [9.17, 15) is 20.1 Å². The van der Waals surface area contributed by atoms with Crippen LogP contribution < -0.4 is 11.5 Å². The summed E-state index contributed by atoms with van der Waals surface area (Å²) in [5.41, 5.74) is 10.9.